The third-order valence-electron chi connectivity index (χ3n) is 4.86. The molecular formula is C16H25N3O. The molecule has 2 aliphatic carbocycles. The van der Waals surface area contributed by atoms with Crippen LogP contribution in [0.1, 0.15) is 68.9 Å². The number of carbonyl (C=O) groups is 1. The molecule has 3 rings (SSSR count). The van der Waals surface area contributed by atoms with Crippen LogP contribution in [0.3, 0.4) is 0 Å². The lowest BCUT2D eigenvalue weighted by Crippen LogP contribution is -2.47. The number of hydrogen-bond donors (Lipinski definition) is 2. The van der Waals surface area contributed by atoms with Gasteiger partial charge in [-0.1, -0.05) is 26.7 Å². The second kappa shape index (κ2) is 4.83. The van der Waals surface area contributed by atoms with Crippen molar-refractivity contribution in [2.24, 2.45) is 5.41 Å². The van der Waals surface area contributed by atoms with Gasteiger partial charge in [0.2, 0.25) is 0 Å². The molecular weight excluding hydrogens is 250 g/mol. The topological polar surface area (TPSA) is 60.1 Å². The number of nitrogens with one attached hydrogen (secondary N) is 1. The largest absolute Gasteiger partial charge is 0.397 e. The molecule has 1 amide bonds. The molecule has 0 aromatic carbocycles. The Labute approximate surface area is 120 Å². The normalized spacial score (nSPS) is 25.4. The lowest BCUT2D eigenvalue weighted by atomic mass is 9.73. The van der Waals surface area contributed by atoms with Gasteiger partial charge in [-0.2, -0.15) is 0 Å². The van der Waals surface area contributed by atoms with Crippen molar-refractivity contribution in [2.75, 3.05) is 5.73 Å². The summed E-state index contributed by atoms with van der Waals surface area (Å²) in [5, 5.41) is 3.25. The van der Waals surface area contributed by atoms with Gasteiger partial charge in [0, 0.05) is 18.3 Å². The first kappa shape index (κ1) is 13.5. The van der Waals surface area contributed by atoms with E-state index in [2.05, 4.69) is 23.7 Å². The van der Waals surface area contributed by atoms with E-state index in [-0.39, 0.29) is 17.4 Å². The van der Waals surface area contributed by atoms with Gasteiger partial charge in [-0.15, -0.1) is 0 Å². The van der Waals surface area contributed by atoms with E-state index in [1.807, 2.05) is 12.3 Å². The number of nitrogen functional groups attached to an aromatic ring is 1. The molecule has 3 N–H and O–H groups in total. The predicted molar refractivity (Wildman–Crippen MR) is 80.6 cm³/mol. The highest BCUT2D eigenvalue weighted by atomic mass is 16.2. The van der Waals surface area contributed by atoms with Crippen molar-refractivity contribution in [1.82, 2.24) is 9.88 Å². The van der Waals surface area contributed by atoms with Crippen LogP contribution in [0.2, 0.25) is 0 Å². The van der Waals surface area contributed by atoms with Crippen molar-refractivity contribution in [1.29, 1.82) is 0 Å². The zero-order valence-corrected chi connectivity index (χ0v) is 12.5. The van der Waals surface area contributed by atoms with Crippen LogP contribution in [0.5, 0.6) is 0 Å². The Morgan fingerprint density at radius 2 is 2.10 bits per heavy atom. The van der Waals surface area contributed by atoms with Crippen LogP contribution in [0, 0.1) is 5.41 Å². The SMILES string of the molecule is CC1(C)CCCCC1NC(=O)c1cc(N)cn1C1CC1. The molecule has 2 aliphatic rings. The van der Waals surface area contributed by atoms with Gasteiger partial charge >= 0.3 is 0 Å². The van der Waals surface area contributed by atoms with Crippen molar-refractivity contribution in [3.63, 3.8) is 0 Å². The quantitative estimate of drug-likeness (QED) is 0.890. The zero-order chi connectivity index (χ0) is 14.3. The fourth-order valence-corrected chi connectivity index (χ4v) is 3.33. The minimum Gasteiger partial charge on any atom is -0.397 e. The van der Waals surface area contributed by atoms with Crippen LogP contribution in [-0.2, 0) is 0 Å². The van der Waals surface area contributed by atoms with E-state index in [1.165, 1.54) is 19.3 Å². The number of hydrogen-bond acceptors (Lipinski definition) is 2. The molecule has 1 atom stereocenters. The molecule has 4 heteroatoms. The molecule has 20 heavy (non-hydrogen) atoms. The molecule has 110 valence electrons. The number of anilines is 1. The van der Waals surface area contributed by atoms with Crippen LogP contribution in [0.25, 0.3) is 0 Å². The Balaban J connectivity index is 1.76. The second-order valence-corrected chi connectivity index (χ2v) is 7.06. The molecule has 0 spiro atoms. The molecule has 1 heterocycles. The molecule has 1 aromatic rings. The molecule has 4 nitrogen and oxygen atoms in total. The standard InChI is InChI=1S/C16H25N3O/c1-16(2)8-4-3-5-14(16)18-15(20)13-9-11(17)10-19(13)12-6-7-12/h9-10,12,14H,3-8,17H2,1-2H3,(H,18,20). The number of nitrogens with zero attached hydrogens (tertiary/aromatic N) is 1. The van der Waals surface area contributed by atoms with Crippen molar-refractivity contribution < 1.29 is 4.79 Å². The molecule has 0 saturated heterocycles. The van der Waals surface area contributed by atoms with Crippen LogP contribution >= 0.6 is 0 Å². The van der Waals surface area contributed by atoms with Gasteiger partial charge in [0.15, 0.2) is 0 Å². The number of carbonyl (C=O) groups excluding carboxylic acids is 1. The molecule has 1 aromatic heterocycles. The summed E-state index contributed by atoms with van der Waals surface area (Å²) in [6, 6.07) is 2.56. The maximum atomic E-state index is 12.6. The van der Waals surface area contributed by atoms with Crippen molar-refractivity contribution in [2.45, 2.75) is 64.5 Å². The fraction of sp³-hybridized carbons (Fsp3) is 0.688. The van der Waals surface area contributed by atoms with Crippen LogP contribution in [-0.4, -0.2) is 16.5 Å². The Morgan fingerprint density at radius 3 is 2.75 bits per heavy atom. The first-order valence-electron chi connectivity index (χ1n) is 7.75. The van der Waals surface area contributed by atoms with Crippen molar-refractivity contribution in [3.8, 4) is 0 Å². The van der Waals surface area contributed by atoms with Crippen LogP contribution in [0.15, 0.2) is 12.3 Å². The molecule has 0 aliphatic heterocycles. The minimum absolute atomic E-state index is 0.0357. The Morgan fingerprint density at radius 1 is 1.35 bits per heavy atom. The van der Waals surface area contributed by atoms with Crippen LogP contribution in [0.4, 0.5) is 5.69 Å². The summed E-state index contributed by atoms with van der Waals surface area (Å²) >= 11 is 0. The van der Waals surface area contributed by atoms with Crippen LogP contribution < -0.4 is 11.1 Å². The van der Waals surface area contributed by atoms with E-state index in [4.69, 9.17) is 5.73 Å². The summed E-state index contributed by atoms with van der Waals surface area (Å²) in [5.41, 5.74) is 7.47. The van der Waals surface area contributed by atoms with Gasteiger partial charge in [0.25, 0.3) is 5.91 Å². The fourth-order valence-electron chi connectivity index (χ4n) is 3.33. The van der Waals surface area contributed by atoms with Gasteiger partial charge < -0.3 is 15.6 Å². The third-order valence-corrected chi connectivity index (χ3v) is 4.86. The van der Waals surface area contributed by atoms with E-state index in [0.29, 0.717) is 11.7 Å². The summed E-state index contributed by atoms with van der Waals surface area (Å²) in [7, 11) is 0. The Hall–Kier alpha value is -1.45. The molecule has 1 unspecified atom stereocenters. The van der Waals surface area contributed by atoms with E-state index < -0.39 is 0 Å². The minimum atomic E-state index is 0.0357. The van der Waals surface area contributed by atoms with Gasteiger partial charge in [0.1, 0.15) is 5.69 Å². The summed E-state index contributed by atoms with van der Waals surface area (Å²) in [6.45, 7) is 4.51. The average molecular weight is 275 g/mol. The Kier molecular flexibility index (Phi) is 3.27. The molecule has 0 radical (unpaired) electrons. The van der Waals surface area contributed by atoms with Gasteiger partial charge in [-0.05, 0) is 37.2 Å². The predicted octanol–water partition coefficient (Wildman–Crippen LogP) is 3.10. The highest BCUT2D eigenvalue weighted by Crippen LogP contribution is 2.38. The number of amides is 1. The monoisotopic (exact) mass is 275 g/mol. The highest BCUT2D eigenvalue weighted by Gasteiger charge is 2.34. The lowest BCUT2D eigenvalue weighted by Gasteiger charge is -2.39. The second-order valence-electron chi connectivity index (χ2n) is 7.06. The lowest BCUT2D eigenvalue weighted by molar-refractivity contribution is 0.0844. The smallest absolute Gasteiger partial charge is 0.268 e. The molecule has 0 bridgehead atoms. The highest BCUT2D eigenvalue weighted by molar-refractivity contribution is 5.94. The van der Waals surface area contributed by atoms with E-state index in [9.17, 15) is 4.79 Å². The van der Waals surface area contributed by atoms with Gasteiger partial charge in [-0.3, -0.25) is 4.79 Å². The summed E-state index contributed by atoms with van der Waals surface area (Å²) in [5.74, 6) is 0.0357. The van der Waals surface area contributed by atoms with E-state index in [0.717, 1.165) is 25.0 Å². The summed E-state index contributed by atoms with van der Waals surface area (Å²) < 4.78 is 2.06. The van der Waals surface area contributed by atoms with Gasteiger partial charge in [0.05, 0.1) is 5.69 Å². The number of rotatable bonds is 3. The zero-order valence-electron chi connectivity index (χ0n) is 12.5. The first-order chi connectivity index (χ1) is 9.47. The number of aromatic nitrogens is 1. The van der Waals surface area contributed by atoms with Crippen molar-refractivity contribution in [3.05, 3.63) is 18.0 Å². The Bertz CT molecular complexity index is 514. The number of nitrogens with two attached hydrogens (primary N) is 1. The maximum Gasteiger partial charge on any atom is 0.268 e. The van der Waals surface area contributed by atoms with Crippen molar-refractivity contribution >= 4 is 11.6 Å². The summed E-state index contributed by atoms with van der Waals surface area (Å²) in [6.07, 6.45) is 8.96. The third kappa shape index (κ3) is 2.56. The first-order valence-corrected chi connectivity index (χ1v) is 7.75. The molecule has 2 saturated carbocycles. The van der Waals surface area contributed by atoms with E-state index >= 15 is 0 Å². The average Bonchev–Trinajstić information content (AvgIpc) is 3.15. The maximum absolute atomic E-state index is 12.6. The van der Waals surface area contributed by atoms with E-state index in [1.54, 1.807) is 0 Å². The molecule has 2 fully saturated rings. The summed E-state index contributed by atoms with van der Waals surface area (Å²) in [4.78, 5) is 12.6. The van der Waals surface area contributed by atoms with Gasteiger partial charge in [-0.25, -0.2) is 0 Å².